The molecule has 0 bridgehead atoms. The van der Waals surface area contributed by atoms with Crippen molar-refractivity contribution in [3.63, 3.8) is 0 Å². The van der Waals surface area contributed by atoms with E-state index >= 15 is 0 Å². The van der Waals surface area contributed by atoms with Gasteiger partial charge in [-0.3, -0.25) is 4.68 Å². The quantitative estimate of drug-likeness (QED) is 0.527. The summed E-state index contributed by atoms with van der Waals surface area (Å²) in [6.07, 6.45) is 11.9. The normalized spacial score (nSPS) is 10.7. The number of anilines is 1. The molecule has 1 aromatic heterocycles. The topological polar surface area (TPSA) is 70.1 Å². The van der Waals surface area contributed by atoms with Gasteiger partial charge in [-0.15, -0.1) is 0 Å². The Kier molecular flexibility index (Phi) is 7.77. The third kappa shape index (κ3) is 5.63. The van der Waals surface area contributed by atoms with E-state index in [1.165, 1.54) is 52.1 Å². The molecule has 1 rings (SSSR count). The van der Waals surface area contributed by atoms with Crippen molar-refractivity contribution >= 4 is 11.7 Å². The Morgan fingerprint density at radius 1 is 1.20 bits per heavy atom. The van der Waals surface area contributed by atoms with E-state index in [4.69, 9.17) is 5.73 Å². The second-order valence-corrected chi connectivity index (χ2v) is 5.16. The maximum absolute atomic E-state index is 11.4. The zero-order valence-electron chi connectivity index (χ0n) is 12.7. The number of carbonyl (C=O) groups is 1. The summed E-state index contributed by atoms with van der Waals surface area (Å²) in [7, 11) is 1.33. The van der Waals surface area contributed by atoms with Crippen molar-refractivity contribution in [1.29, 1.82) is 0 Å². The van der Waals surface area contributed by atoms with Gasteiger partial charge >= 0.3 is 5.97 Å². The molecule has 2 N–H and O–H groups in total. The highest BCUT2D eigenvalue weighted by Gasteiger charge is 2.14. The first kappa shape index (κ1) is 16.5. The molecule has 0 aliphatic heterocycles. The number of nitrogen functional groups attached to an aromatic ring is 1. The molecular formula is C15H27N3O2. The summed E-state index contributed by atoms with van der Waals surface area (Å²) in [5.41, 5.74) is 6.33. The number of aromatic nitrogens is 2. The average Bonchev–Trinajstić information content (AvgIpc) is 2.82. The molecule has 0 unspecified atom stereocenters. The molecule has 0 spiro atoms. The lowest BCUT2D eigenvalue weighted by atomic mass is 10.1. The number of aryl methyl sites for hydroxylation is 1. The fraction of sp³-hybridized carbons (Fsp3) is 0.733. The number of nitrogens with zero attached hydrogens (tertiary/aromatic N) is 2. The largest absolute Gasteiger partial charge is 0.464 e. The summed E-state index contributed by atoms with van der Waals surface area (Å²) in [6.45, 7) is 3.04. The van der Waals surface area contributed by atoms with Gasteiger partial charge in [-0.2, -0.15) is 5.10 Å². The molecule has 0 radical (unpaired) electrons. The molecule has 0 aliphatic carbocycles. The summed E-state index contributed by atoms with van der Waals surface area (Å²) in [4.78, 5) is 11.4. The molecule has 20 heavy (non-hydrogen) atoms. The van der Waals surface area contributed by atoms with E-state index in [1.54, 1.807) is 10.9 Å². The Labute approximate surface area is 121 Å². The van der Waals surface area contributed by atoms with Gasteiger partial charge in [0.25, 0.3) is 0 Å². The van der Waals surface area contributed by atoms with E-state index in [0.717, 1.165) is 13.0 Å². The van der Waals surface area contributed by atoms with Crippen LogP contribution >= 0.6 is 0 Å². The fourth-order valence-electron chi connectivity index (χ4n) is 2.21. The lowest BCUT2D eigenvalue weighted by Gasteiger charge is -2.02. The minimum Gasteiger partial charge on any atom is -0.464 e. The highest BCUT2D eigenvalue weighted by Crippen LogP contribution is 2.12. The predicted molar refractivity (Wildman–Crippen MR) is 80.6 cm³/mol. The van der Waals surface area contributed by atoms with Crippen LogP contribution in [0.15, 0.2) is 6.20 Å². The lowest BCUT2D eigenvalue weighted by molar-refractivity contribution is 0.0594. The van der Waals surface area contributed by atoms with E-state index in [9.17, 15) is 4.79 Å². The third-order valence-electron chi connectivity index (χ3n) is 3.41. The zero-order chi connectivity index (χ0) is 14.8. The molecule has 5 heteroatoms. The summed E-state index contributed by atoms with van der Waals surface area (Å²) in [5, 5.41) is 4.16. The van der Waals surface area contributed by atoms with Crippen LogP contribution in [0.1, 0.15) is 68.8 Å². The monoisotopic (exact) mass is 281 g/mol. The smallest absolute Gasteiger partial charge is 0.360 e. The SMILES string of the molecule is CCCCCCCCCCn1cc(N)c(C(=O)OC)n1. The van der Waals surface area contributed by atoms with Crippen LogP contribution in [-0.2, 0) is 11.3 Å². The Hall–Kier alpha value is -1.52. The van der Waals surface area contributed by atoms with Gasteiger partial charge in [-0.05, 0) is 6.42 Å². The second-order valence-electron chi connectivity index (χ2n) is 5.16. The van der Waals surface area contributed by atoms with Gasteiger partial charge in [0, 0.05) is 12.7 Å². The van der Waals surface area contributed by atoms with Gasteiger partial charge in [0.15, 0.2) is 5.69 Å². The highest BCUT2D eigenvalue weighted by molar-refractivity contribution is 5.92. The van der Waals surface area contributed by atoms with Crippen LogP contribution in [0.3, 0.4) is 0 Å². The maximum atomic E-state index is 11.4. The number of hydrogen-bond acceptors (Lipinski definition) is 4. The molecule has 1 aromatic rings. The zero-order valence-corrected chi connectivity index (χ0v) is 12.7. The molecular weight excluding hydrogens is 254 g/mol. The van der Waals surface area contributed by atoms with Gasteiger partial charge < -0.3 is 10.5 Å². The molecule has 0 atom stereocenters. The Morgan fingerprint density at radius 3 is 2.40 bits per heavy atom. The summed E-state index contributed by atoms with van der Waals surface area (Å²) < 4.78 is 6.36. The Morgan fingerprint density at radius 2 is 1.80 bits per heavy atom. The standard InChI is InChI=1S/C15H27N3O2/c1-3-4-5-6-7-8-9-10-11-18-12-13(16)14(17-18)15(19)20-2/h12H,3-11,16H2,1-2H3. The van der Waals surface area contributed by atoms with Crippen molar-refractivity contribution in [3.8, 4) is 0 Å². The van der Waals surface area contributed by atoms with Crippen molar-refractivity contribution in [2.45, 2.75) is 64.8 Å². The van der Waals surface area contributed by atoms with Crippen molar-refractivity contribution < 1.29 is 9.53 Å². The first-order valence-corrected chi connectivity index (χ1v) is 7.60. The number of hydrogen-bond donors (Lipinski definition) is 1. The number of unbranched alkanes of at least 4 members (excludes halogenated alkanes) is 7. The molecule has 0 saturated carbocycles. The predicted octanol–water partition coefficient (Wildman–Crippen LogP) is 3.39. The summed E-state index contributed by atoms with van der Waals surface area (Å²) >= 11 is 0. The van der Waals surface area contributed by atoms with Crippen LogP contribution in [0.2, 0.25) is 0 Å². The van der Waals surface area contributed by atoms with Crippen LogP contribution in [0.25, 0.3) is 0 Å². The molecule has 0 amide bonds. The molecule has 5 nitrogen and oxygen atoms in total. The minimum absolute atomic E-state index is 0.215. The molecule has 0 saturated heterocycles. The molecule has 114 valence electrons. The minimum atomic E-state index is -0.475. The average molecular weight is 281 g/mol. The third-order valence-corrected chi connectivity index (χ3v) is 3.41. The van der Waals surface area contributed by atoms with Crippen LogP contribution in [0, 0.1) is 0 Å². The molecule has 0 fully saturated rings. The first-order chi connectivity index (χ1) is 9.69. The number of methoxy groups -OCH3 is 1. The van der Waals surface area contributed by atoms with Gasteiger partial charge in [0.1, 0.15) is 0 Å². The second kappa shape index (κ2) is 9.39. The lowest BCUT2D eigenvalue weighted by Crippen LogP contribution is -2.06. The van der Waals surface area contributed by atoms with Crippen molar-refractivity contribution in [1.82, 2.24) is 9.78 Å². The van der Waals surface area contributed by atoms with Gasteiger partial charge in [-0.25, -0.2) is 4.79 Å². The van der Waals surface area contributed by atoms with Gasteiger partial charge in [0.05, 0.1) is 12.8 Å². The number of nitrogens with two attached hydrogens (primary N) is 1. The number of rotatable bonds is 10. The van der Waals surface area contributed by atoms with E-state index in [2.05, 4.69) is 16.8 Å². The van der Waals surface area contributed by atoms with Gasteiger partial charge in [-0.1, -0.05) is 51.9 Å². The van der Waals surface area contributed by atoms with E-state index in [0.29, 0.717) is 5.69 Å². The van der Waals surface area contributed by atoms with Crippen molar-refractivity contribution in [2.24, 2.45) is 0 Å². The maximum Gasteiger partial charge on any atom is 0.360 e. The summed E-state index contributed by atoms with van der Waals surface area (Å²) in [5.74, 6) is -0.475. The first-order valence-electron chi connectivity index (χ1n) is 7.60. The number of ether oxygens (including phenoxy) is 1. The van der Waals surface area contributed by atoms with E-state index in [1.807, 2.05) is 0 Å². The number of carbonyl (C=O) groups excluding carboxylic acids is 1. The Balaban J connectivity index is 2.18. The number of esters is 1. The van der Waals surface area contributed by atoms with Crippen LogP contribution < -0.4 is 5.73 Å². The van der Waals surface area contributed by atoms with Crippen molar-refractivity contribution in [3.05, 3.63) is 11.9 Å². The molecule has 0 aliphatic rings. The summed E-state index contributed by atoms with van der Waals surface area (Å²) in [6, 6.07) is 0. The van der Waals surface area contributed by atoms with E-state index in [-0.39, 0.29) is 5.69 Å². The fourth-order valence-corrected chi connectivity index (χ4v) is 2.21. The van der Waals surface area contributed by atoms with Crippen molar-refractivity contribution in [2.75, 3.05) is 12.8 Å². The van der Waals surface area contributed by atoms with Crippen LogP contribution in [0.4, 0.5) is 5.69 Å². The van der Waals surface area contributed by atoms with Crippen LogP contribution in [-0.4, -0.2) is 22.9 Å². The molecule has 0 aromatic carbocycles. The van der Waals surface area contributed by atoms with E-state index < -0.39 is 5.97 Å². The van der Waals surface area contributed by atoms with Crippen LogP contribution in [0.5, 0.6) is 0 Å². The molecule has 1 heterocycles. The van der Waals surface area contributed by atoms with Gasteiger partial charge in [0.2, 0.25) is 0 Å². The Bertz CT molecular complexity index is 402. The highest BCUT2D eigenvalue weighted by atomic mass is 16.5.